The summed E-state index contributed by atoms with van der Waals surface area (Å²) >= 11 is 21.3. The highest BCUT2D eigenvalue weighted by Gasteiger charge is 2.25. The first-order valence-electron chi connectivity index (χ1n) is 5.33. The van der Waals surface area contributed by atoms with E-state index >= 15 is 0 Å². The van der Waals surface area contributed by atoms with Crippen molar-refractivity contribution in [1.82, 2.24) is 0 Å². The molecular formula is C12H3Cl4F4NO2. The third-order valence-electron chi connectivity index (χ3n) is 2.23. The largest absolute Gasteiger partial charge is 0.327 e. The predicted molar refractivity (Wildman–Crippen MR) is 79.4 cm³/mol. The molecule has 0 aliphatic rings. The number of nitro groups is 1. The summed E-state index contributed by atoms with van der Waals surface area (Å²) in [6.07, 6.45) is 0. The van der Waals surface area contributed by atoms with Crippen LogP contribution in [-0.4, -0.2) is 4.92 Å². The molecule has 0 saturated carbocycles. The van der Waals surface area contributed by atoms with Gasteiger partial charge >= 0.3 is 5.69 Å². The van der Waals surface area contributed by atoms with Crippen molar-refractivity contribution in [2.75, 3.05) is 0 Å². The van der Waals surface area contributed by atoms with Crippen molar-refractivity contribution < 1.29 is 22.5 Å². The number of benzene rings is 2. The minimum Gasteiger partial charge on any atom is -0.258 e. The lowest BCUT2D eigenvalue weighted by atomic mass is 10.3. The van der Waals surface area contributed by atoms with Gasteiger partial charge in [0.25, 0.3) is 0 Å². The standard InChI is InChI=1S/C6HCl2F2NO2.C6H2Cl2F2/c7-2-1-3(9)5(10)6(4(2)8)11(12)13;7-3-1-5(9)6(10)2-4(3)8/h1H;1-2H. The molecule has 0 N–H and O–H groups in total. The van der Waals surface area contributed by atoms with E-state index in [4.69, 9.17) is 46.4 Å². The van der Waals surface area contributed by atoms with E-state index in [-0.39, 0.29) is 10.0 Å². The highest BCUT2D eigenvalue weighted by atomic mass is 35.5. The topological polar surface area (TPSA) is 43.1 Å². The van der Waals surface area contributed by atoms with Crippen LogP contribution in [-0.2, 0) is 0 Å². The van der Waals surface area contributed by atoms with Gasteiger partial charge in [0, 0.05) is 0 Å². The van der Waals surface area contributed by atoms with Crippen LogP contribution in [0.5, 0.6) is 0 Å². The molecule has 11 heteroatoms. The van der Waals surface area contributed by atoms with E-state index in [2.05, 4.69) is 0 Å². The molecule has 0 saturated heterocycles. The van der Waals surface area contributed by atoms with Gasteiger partial charge in [-0.05, 0) is 18.2 Å². The molecule has 23 heavy (non-hydrogen) atoms. The average molecular weight is 411 g/mol. The number of hydrogen-bond acceptors (Lipinski definition) is 2. The van der Waals surface area contributed by atoms with Crippen molar-refractivity contribution in [3.63, 3.8) is 0 Å². The summed E-state index contributed by atoms with van der Waals surface area (Å²) in [6.45, 7) is 0. The highest BCUT2D eigenvalue weighted by Crippen LogP contribution is 2.35. The summed E-state index contributed by atoms with van der Waals surface area (Å²) in [5.41, 5.74) is -1.15. The summed E-state index contributed by atoms with van der Waals surface area (Å²) in [7, 11) is 0. The number of hydrogen-bond donors (Lipinski definition) is 0. The van der Waals surface area contributed by atoms with E-state index < -0.39 is 43.9 Å². The molecule has 3 nitrogen and oxygen atoms in total. The Bertz CT molecular complexity index is 697. The summed E-state index contributed by atoms with van der Waals surface area (Å²) < 4.78 is 49.8. The van der Waals surface area contributed by atoms with E-state index in [1.165, 1.54) is 0 Å². The first-order chi connectivity index (χ1) is 10.6. The summed E-state index contributed by atoms with van der Waals surface area (Å²) in [6, 6.07) is 2.24. The molecule has 2 rings (SSSR count). The second-order valence-corrected chi connectivity index (χ2v) is 5.35. The van der Waals surface area contributed by atoms with Crippen molar-refractivity contribution in [2.24, 2.45) is 0 Å². The average Bonchev–Trinajstić information content (AvgIpc) is 2.44. The smallest absolute Gasteiger partial charge is 0.258 e. The monoisotopic (exact) mass is 409 g/mol. The summed E-state index contributed by atoms with van der Waals surface area (Å²) in [4.78, 5) is 9.07. The maximum absolute atomic E-state index is 12.7. The molecule has 0 atom stereocenters. The number of rotatable bonds is 1. The maximum atomic E-state index is 12.7. The van der Waals surface area contributed by atoms with E-state index in [0.717, 1.165) is 12.1 Å². The predicted octanol–water partition coefficient (Wildman–Crippen LogP) is 6.45. The molecule has 0 spiro atoms. The minimum absolute atomic E-state index is 0.0144. The Labute approximate surface area is 146 Å². The Balaban J connectivity index is 0.000000238. The van der Waals surface area contributed by atoms with Crippen molar-refractivity contribution in [1.29, 1.82) is 0 Å². The van der Waals surface area contributed by atoms with Crippen LogP contribution in [0.4, 0.5) is 23.2 Å². The maximum Gasteiger partial charge on any atom is 0.327 e. The van der Waals surface area contributed by atoms with E-state index in [1.54, 1.807) is 0 Å². The Kier molecular flexibility index (Phi) is 6.88. The second kappa shape index (κ2) is 8.01. The van der Waals surface area contributed by atoms with Crippen LogP contribution in [0, 0.1) is 33.4 Å². The molecule has 0 aromatic heterocycles. The van der Waals surface area contributed by atoms with Crippen molar-refractivity contribution in [3.05, 3.63) is 71.7 Å². The van der Waals surface area contributed by atoms with Crippen LogP contribution in [0.25, 0.3) is 0 Å². The normalized spacial score (nSPS) is 10.1. The van der Waals surface area contributed by atoms with Gasteiger partial charge in [0.2, 0.25) is 5.82 Å². The van der Waals surface area contributed by atoms with Gasteiger partial charge in [-0.1, -0.05) is 46.4 Å². The van der Waals surface area contributed by atoms with E-state index in [9.17, 15) is 27.7 Å². The molecule has 0 fully saturated rings. The quantitative estimate of drug-likeness (QED) is 0.234. The lowest BCUT2D eigenvalue weighted by Crippen LogP contribution is -1.97. The molecule has 2 aromatic rings. The third kappa shape index (κ3) is 4.84. The van der Waals surface area contributed by atoms with Crippen molar-refractivity contribution in [3.8, 4) is 0 Å². The van der Waals surface area contributed by atoms with Crippen LogP contribution >= 0.6 is 46.4 Å². The van der Waals surface area contributed by atoms with Crippen molar-refractivity contribution in [2.45, 2.75) is 0 Å². The molecule has 0 amide bonds. The molecule has 0 bridgehead atoms. The second-order valence-electron chi connectivity index (χ2n) is 3.75. The number of nitrogens with zero attached hydrogens (tertiary/aromatic N) is 1. The molecule has 124 valence electrons. The number of nitro benzene ring substituents is 1. The molecule has 0 unspecified atom stereocenters. The fourth-order valence-corrected chi connectivity index (χ4v) is 1.91. The zero-order chi connectivity index (χ0) is 17.9. The molecule has 0 radical (unpaired) electrons. The van der Waals surface area contributed by atoms with Crippen LogP contribution in [0.2, 0.25) is 20.1 Å². The van der Waals surface area contributed by atoms with Gasteiger partial charge in [0.05, 0.1) is 20.0 Å². The minimum atomic E-state index is -1.61. The van der Waals surface area contributed by atoms with E-state index in [0.29, 0.717) is 6.07 Å². The molecule has 0 heterocycles. The molecular weight excluding hydrogens is 408 g/mol. The fraction of sp³-hybridized carbons (Fsp3) is 0. The van der Waals surface area contributed by atoms with Gasteiger partial charge in [-0.15, -0.1) is 0 Å². The molecule has 2 aromatic carbocycles. The van der Waals surface area contributed by atoms with Crippen molar-refractivity contribution >= 4 is 52.1 Å². The first-order valence-corrected chi connectivity index (χ1v) is 6.84. The van der Waals surface area contributed by atoms with Gasteiger partial charge in [-0.3, -0.25) is 10.1 Å². The van der Waals surface area contributed by atoms with Gasteiger partial charge in [0.1, 0.15) is 5.02 Å². The van der Waals surface area contributed by atoms with Crippen LogP contribution < -0.4 is 0 Å². The molecule has 0 aliphatic heterocycles. The fourth-order valence-electron chi connectivity index (χ4n) is 1.22. The highest BCUT2D eigenvalue weighted by molar-refractivity contribution is 6.43. The third-order valence-corrected chi connectivity index (χ3v) is 3.73. The first kappa shape index (κ1) is 19.8. The Morgan fingerprint density at radius 1 is 0.783 bits per heavy atom. The zero-order valence-corrected chi connectivity index (χ0v) is 13.5. The zero-order valence-electron chi connectivity index (χ0n) is 10.5. The number of halogens is 8. The van der Waals surface area contributed by atoms with Crippen LogP contribution in [0.1, 0.15) is 0 Å². The van der Waals surface area contributed by atoms with Gasteiger partial charge in [0.15, 0.2) is 17.5 Å². The van der Waals surface area contributed by atoms with E-state index in [1.807, 2.05) is 0 Å². The van der Waals surface area contributed by atoms with Gasteiger partial charge in [-0.25, -0.2) is 13.2 Å². The van der Waals surface area contributed by atoms with Gasteiger partial charge < -0.3 is 0 Å². The van der Waals surface area contributed by atoms with Gasteiger partial charge in [-0.2, -0.15) is 4.39 Å². The molecule has 0 aliphatic carbocycles. The Morgan fingerprint density at radius 2 is 1.17 bits per heavy atom. The SMILES string of the molecule is Fc1cc(Cl)c(Cl)cc1F.O=[N+]([O-])c1c(F)c(F)cc(Cl)c1Cl. The van der Waals surface area contributed by atoms with Crippen LogP contribution in [0.15, 0.2) is 18.2 Å². The summed E-state index contributed by atoms with van der Waals surface area (Å²) in [5, 5.41) is 9.23. The Morgan fingerprint density at radius 3 is 1.57 bits per heavy atom. The lowest BCUT2D eigenvalue weighted by molar-refractivity contribution is -0.387. The lowest BCUT2D eigenvalue weighted by Gasteiger charge is -1.99. The summed E-state index contributed by atoms with van der Waals surface area (Å²) in [5.74, 6) is -5.00. The Hall–Kier alpha value is -1.28. The van der Waals surface area contributed by atoms with Crippen LogP contribution in [0.3, 0.4) is 0 Å².